The van der Waals surface area contributed by atoms with Crippen LogP contribution in [0.1, 0.15) is 11.3 Å². The van der Waals surface area contributed by atoms with E-state index in [9.17, 15) is 0 Å². The van der Waals surface area contributed by atoms with Crippen LogP contribution in [-0.4, -0.2) is 18.1 Å². The average molecular weight is 248 g/mol. The summed E-state index contributed by atoms with van der Waals surface area (Å²) in [6, 6.07) is 8.04. The normalized spacial score (nSPS) is 10.5. The number of benzene rings is 1. The number of nitrogens with zero attached hydrogens (tertiary/aromatic N) is 1. The van der Waals surface area contributed by atoms with Crippen molar-refractivity contribution < 1.29 is 4.74 Å². The summed E-state index contributed by atoms with van der Waals surface area (Å²) in [6.07, 6.45) is 0.882. The molecule has 0 aliphatic rings. The molecular formula is C13H16N2OS. The van der Waals surface area contributed by atoms with Gasteiger partial charge in [-0.25, -0.2) is 4.98 Å². The van der Waals surface area contributed by atoms with Crippen LogP contribution in [0.2, 0.25) is 0 Å². The highest BCUT2D eigenvalue weighted by atomic mass is 32.1. The second-order valence-electron chi connectivity index (χ2n) is 3.77. The Morgan fingerprint density at radius 1 is 1.29 bits per heavy atom. The Bertz CT molecular complexity index is 465. The van der Waals surface area contributed by atoms with E-state index in [0.29, 0.717) is 13.2 Å². The molecule has 1 aromatic heterocycles. The number of thiazole rings is 1. The Balaban J connectivity index is 2.06. The quantitative estimate of drug-likeness (QED) is 0.828. The molecule has 0 saturated carbocycles. The molecular weight excluding hydrogens is 232 g/mol. The van der Waals surface area contributed by atoms with Crippen LogP contribution in [0.25, 0.3) is 11.3 Å². The molecule has 0 amide bonds. The molecule has 1 heterocycles. The number of ether oxygens (including phenoxy) is 1. The number of aromatic nitrogens is 1. The van der Waals surface area contributed by atoms with E-state index in [4.69, 9.17) is 10.5 Å². The summed E-state index contributed by atoms with van der Waals surface area (Å²) in [4.78, 5) is 5.59. The molecule has 0 spiro atoms. The van der Waals surface area contributed by atoms with E-state index in [1.165, 1.54) is 4.88 Å². The summed E-state index contributed by atoms with van der Waals surface area (Å²) in [5.74, 6) is 0.884. The zero-order valence-electron chi connectivity index (χ0n) is 9.85. The maximum atomic E-state index is 5.55. The SMILES string of the molecule is Cc1scnc1-c1ccc(OCCCN)cc1. The highest BCUT2D eigenvalue weighted by Gasteiger charge is 2.04. The zero-order valence-corrected chi connectivity index (χ0v) is 10.7. The van der Waals surface area contributed by atoms with Crippen molar-refractivity contribution in [1.29, 1.82) is 0 Å². The van der Waals surface area contributed by atoms with Crippen molar-refractivity contribution in [1.82, 2.24) is 4.98 Å². The summed E-state index contributed by atoms with van der Waals surface area (Å²) < 4.78 is 5.55. The van der Waals surface area contributed by atoms with Crippen LogP contribution in [0, 0.1) is 6.92 Å². The van der Waals surface area contributed by atoms with Gasteiger partial charge < -0.3 is 10.5 Å². The van der Waals surface area contributed by atoms with E-state index < -0.39 is 0 Å². The van der Waals surface area contributed by atoms with Crippen molar-refractivity contribution in [2.75, 3.05) is 13.2 Å². The fraction of sp³-hybridized carbons (Fsp3) is 0.308. The van der Waals surface area contributed by atoms with Gasteiger partial charge in [0.1, 0.15) is 5.75 Å². The second kappa shape index (κ2) is 5.80. The summed E-state index contributed by atoms with van der Waals surface area (Å²) in [5.41, 5.74) is 9.47. The molecule has 0 bridgehead atoms. The lowest BCUT2D eigenvalue weighted by atomic mass is 10.1. The monoisotopic (exact) mass is 248 g/mol. The van der Waals surface area contributed by atoms with Gasteiger partial charge in [-0.1, -0.05) is 0 Å². The van der Waals surface area contributed by atoms with Crippen LogP contribution in [0.3, 0.4) is 0 Å². The van der Waals surface area contributed by atoms with Gasteiger partial charge in [0.15, 0.2) is 0 Å². The number of hydrogen-bond donors (Lipinski definition) is 1. The lowest BCUT2D eigenvalue weighted by Crippen LogP contribution is -2.05. The van der Waals surface area contributed by atoms with Crippen LogP contribution in [0.4, 0.5) is 0 Å². The second-order valence-corrected chi connectivity index (χ2v) is 4.83. The molecule has 17 heavy (non-hydrogen) atoms. The number of aryl methyl sites for hydroxylation is 1. The van der Waals surface area contributed by atoms with Gasteiger partial charge in [-0.05, 0) is 44.2 Å². The fourth-order valence-corrected chi connectivity index (χ4v) is 2.16. The molecule has 0 fully saturated rings. The van der Waals surface area contributed by atoms with E-state index in [1.54, 1.807) is 11.3 Å². The third-order valence-corrected chi connectivity index (χ3v) is 3.25. The first kappa shape index (κ1) is 12.1. The zero-order chi connectivity index (χ0) is 12.1. The molecule has 0 aliphatic carbocycles. The van der Waals surface area contributed by atoms with E-state index in [2.05, 4.69) is 11.9 Å². The van der Waals surface area contributed by atoms with Gasteiger partial charge in [0.05, 0.1) is 17.8 Å². The molecule has 0 saturated heterocycles. The Morgan fingerprint density at radius 3 is 2.65 bits per heavy atom. The van der Waals surface area contributed by atoms with Gasteiger partial charge in [0, 0.05) is 10.4 Å². The molecule has 0 radical (unpaired) electrons. The first-order valence-electron chi connectivity index (χ1n) is 5.64. The van der Waals surface area contributed by atoms with Gasteiger partial charge in [-0.15, -0.1) is 11.3 Å². The van der Waals surface area contributed by atoms with Gasteiger partial charge in [0.2, 0.25) is 0 Å². The van der Waals surface area contributed by atoms with E-state index >= 15 is 0 Å². The van der Waals surface area contributed by atoms with Crippen LogP contribution in [-0.2, 0) is 0 Å². The minimum absolute atomic E-state index is 0.663. The first-order chi connectivity index (χ1) is 8.31. The van der Waals surface area contributed by atoms with E-state index in [1.807, 2.05) is 29.8 Å². The molecule has 2 N–H and O–H groups in total. The molecule has 2 rings (SSSR count). The van der Waals surface area contributed by atoms with Crippen molar-refractivity contribution in [3.8, 4) is 17.0 Å². The van der Waals surface area contributed by atoms with Gasteiger partial charge in [0.25, 0.3) is 0 Å². The maximum absolute atomic E-state index is 5.55. The average Bonchev–Trinajstić information content (AvgIpc) is 2.77. The molecule has 0 aliphatic heterocycles. The summed E-state index contributed by atoms with van der Waals surface area (Å²) in [7, 11) is 0. The minimum atomic E-state index is 0.663. The molecule has 1 aromatic carbocycles. The van der Waals surface area contributed by atoms with Crippen molar-refractivity contribution in [2.24, 2.45) is 5.73 Å². The maximum Gasteiger partial charge on any atom is 0.119 e. The third-order valence-electron chi connectivity index (χ3n) is 2.49. The highest BCUT2D eigenvalue weighted by Crippen LogP contribution is 2.26. The molecule has 3 nitrogen and oxygen atoms in total. The predicted molar refractivity (Wildman–Crippen MR) is 71.5 cm³/mol. The van der Waals surface area contributed by atoms with E-state index in [0.717, 1.165) is 23.4 Å². The lowest BCUT2D eigenvalue weighted by Gasteiger charge is -2.06. The highest BCUT2D eigenvalue weighted by molar-refractivity contribution is 7.10. The van der Waals surface area contributed by atoms with Gasteiger partial charge in [-0.2, -0.15) is 0 Å². The van der Waals surface area contributed by atoms with Crippen molar-refractivity contribution in [3.63, 3.8) is 0 Å². The molecule has 0 unspecified atom stereocenters. The van der Waals surface area contributed by atoms with Crippen LogP contribution in [0.15, 0.2) is 29.8 Å². The Hall–Kier alpha value is -1.39. The summed E-state index contributed by atoms with van der Waals surface area (Å²) in [6.45, 7) is 3.42. The standard InChI is InChI=1S/C13H16N2OS/c1-10-13(15-9-17-10)11-3-5-12(6-4-11)16-8-2-7-14/h3-6,9H,2,7-8,14H2,1H3. The first-order valence-corrected chi connectivity index (χ1v) is 6.52. The predicted octanol–water partition coefficient (Wildman–Crippen LogP) is 2.85. The Morgan fingerprint density at radius 2 is 2.06 bits per heavy atom. The van der Waals surface area contributed by atoms with Gasteiger partial charge >= 0.3 is 0 Å². The largest absolute Gasteiger partial charge is 0.494 e. The number of rotatable bonds is 5. The molecule has 0 atom stereocenters. The van der Waals surface area contributed by atoms with E-state index in [-0.39, 0.29) is 0 Å². The van der Waals surface area contributed by atoms with Crippen molar-refractivity contribution in [2.45, 2.75) is 13.3 Å². The van der Waals surface area contributed by atoms with Crippen molar-refractivity contribution >= 4 is 11.3 Å². The fourth-order valence-electron chi connectivity index (χ4n) is 1.57. The van der Waals surface area contributed by atoms with Crippen LogP contribution < -0.4 is 10.5 Å². The topological polar surface area (TPSA) is 48.1 Å². The lowest BCUT2D eigenvalue weighted by molar-refractivity contribution is 0.313. The van der Waals surface area contributed by atoms with Crippen molar-refractivity contribution in [3.05, 3.63) is 34.7 Å². The van der Waals surface area contributed by atoms with Crippen LogP contribution in [0.5, 0.6) is 5.75 Å². The minimum Gasteiger partial charge on any atom is -0.494 e. The molecule has 2 aromatic rings. The Labute approximate surface area is 105 Å². The summed E-state index contributed by atoms with van der Waals surface area (Å²) >= 11 is 1.66. The smallest absolute Gasteiger partial charge is 0.119 e. The van der Waals surface area contributed by atoms with Crippen LogP contribution >= 0.6 is 11.3 Å². The summed E-state index contributed by atoms with van der Waals surface area (Å²) in [5, 5.41) is 0. The third kappa shape index (κ3) is 3.05. The number of hydrogen-bond acceptors (Lipinski definition) is 4. The number of nitrogens with two attached hydrogens (primary N) is 1. The molecule has 90 valence electrons. The van der Waals surface area contributed by atoms with Gasteiger partial charge in [-0.3, -0.25) is 0 Å². The Kier molecular flexibility index (Phi) is 4.12. The molecule has 4 heteroatoms.